The predicted molar refractivity (Wildman–Crippen MR) is 194 cm³/mol. The zero-order valence-electron chi connectivity index (χ0n) is 25.2. The van der Waals surface area contributed by atoms with Crippen LogP contribution in [0.25, 0.3) is 76.7 Å². The van der Waals surface area contributed by atoms with E-state index in [2.05, 4.69) is 131 Å². The second-order valence-corrected chi connectivity index (χ2v) is 12.0. The maximum absolute atomic E-state index is 6.42. The van der Waals surface area contributed by atoms with Crippen molar-refractivity contribution in [2.24, 2.45) is 0 Å². The van der Waals surface area contributed by atoms with Crippen molar-refractivity contribution in [2.45, 2.75) is 0 Å². The monoisotopic (exact) mass is 602 g/mol. The molecule has 220 valence electrons. The van der Waals surface area contributed by atoms with Gasteiger partial charge in [-0.15, -0.1) is 0 Å². The molecule has 0 aliphatic heterocycles. The molecule has 0 bridgehead atoms. The average molecular weight is 603 g/mol. The Morgan fingerprint density at radius 2 is 1.09 bits per heavy atom. The smallest absolute Gasteiger partial charge is 0.153 e. The molecule has 47 heavy (non-hydrogen) atoms. The number of anilines is 3. The fourth-order valence-corrected chi connectivity index (χ4v) is 7.06. The van der Waals surface area contributed by atoms with E-state index in [1.807, 2.05) is 36.5 Å². The van der Waals surface area contributed by atoms with Crippen molar-refractivity contribution in [2.75, 3.05) is 4.90 Å². The first kappa shape index (κ1) is 25.9. The van der Waals surface area contributed by atoms with Crippen molar-refractivity contribution in [3.8, 4) is 11.1 Å². The minimum Gasteiger partial charge on any atom is -0.456 e. The van der Waals surface area contributed by atoms with E-state index >= 15 is 0 Å². The van der Waals surface area contributed by atoms with Crippen LogP contribution in [0.15, 0.2) is 167 Å². The molecule has 0 spiro atoms. The summed E-state index contributed by atoms with van der Waals surface area (Å²) in [4.78, 5) is 6.92. The summed E-state index contributed by atoms with van der Waals surface area (Å²) < 4.78 is 12.8. The molecular formula is C43H26N2O2. The largest absolute Gasteiger partial charge is 0.456 e. The van der Waals surface area contributed by atoms with Crippen molar-refractivity contribution in [1.82, 2.24) is 4.98 Å². The maximum Gasteiger partial charge on any atom is 0.153 e. The van der Waals surface area contributed by atoms with Crippen LogP contribution in [0.3, 0.4) is 0 Å². The Morgan fingerprint density at radius 1 is 0.426 bits per heavy atom. The highest BCUT2D eigenvalue weighted by atomic mass is 16.3. The molecule has 4 heteroatoms. The van der Waals surface area contributed by atoms with Gasteiger partial charge in [0.05, 0.1) is 0 Å². The first-order valence-corrected chi connectivity index (χ1v) is 15.8. The van der Waals surface area contributed by atoms with Crippen LogP contribution in [0, 0.1) is 0 Å². The lowest BCUT2D eigenvalue weighted by Crippen LogP contribution is -2.09. The molecule has 0 saturated carbocycles. The van der Waals surface area contributed by atoms with Crippen LogP contribution in [-0.4, -0.2) is 4.98 Å². The van der Waals surface area contributed by atoms with Gasteiger partial charge in [-0.05, 0) is 87.9 Å². The van der Waals surface area contributed by atoms with Gasteiger partial charge >= 0.3 is 0 Å². The van der Waals surface area contributed by atoms with Crippen molar-refractivity contribution >= 4 is 82.6 Å². The Labute approximate surface area is 269 Å². The normalized spacial score (nSPS) is 11.8. The van der Waals surface area contributed by atoms with Gasteiger partial charge in [-0.3, -0.25) is 4.98 Å². The van der Waals surface area contributed by atoms with Gasteiger partial charge in [-0.1, -0.05) is 84.9 Å². The van der Waals surface area contributed by atoms with Crippen LogP contribution in [-0.2, 0) is 0 Å². The van der Waals surface area contributed by atoms with Crippen LogP contribution >= 0.6 is 0 Å². The van der Waals surface area contributed by atoms with Gasteiger partial charge in [0, 0.05) is 50.9 Å². The lowest BCUT2D eigenvalue weighted by Gasteiger charge is -2.26. The topological polar surface area (TPSA) is 42.4 Å². The van der Waals surface area contributed by atoms with E-state index in [1.54, 1.807) is 0 Å². The molecule has 10 aromatic rings. The summed E-state index contributed by atoms with van der Waals surface area (Å²) in [5.41, 5.74) is 9.83. The van der Waals surface area contributed by atoms with Crippen molar-refractivity contribution in [3.05, 3.63) is 158 Å². The average Bonchev–Trinajstić information content (AvgIpc) is 3.70. The summed E-state index contributed by atoms with van der Waals surface area (Å²) in [5.74, 6) is 0. The number of hydrogen-bond donors (Lipinski definition) is 0. The van der Waals surface area contributed by atoms with Gasteiger partial charge in [0.15, 0.2) is 5.58 Å². The van der Waals surface area contributed by atoms with Crippen LogP contribution in [0.2, 0.25) is 0 Å². The lowest BCUT2D eigenvalue weighted by atomic mass is 9.99. The summed E-state index contributed by atoms with van der Waals surface area (Å²) in [6.45, 7) is 0. The summed E-state index contributed by atoms with van der Waals surface area (Å²) in [7, 11) is 0. The first-order chi connectivity index (χ1) is 23.3. The minimum absolute atomic E-state index is 0.801. The van der Waals surface area contributed by atoms with E-state index in [1.165, 1.54) is 11.1 Å². The molecule has 0 unspecified atom stereocenters. The zero-order chi connectivity index (χ0) is 30.9. The maximum atomic E-state index is 6.42. The molecule has 0 atom stereocenters. The molecule has 10 rings (SSSR count). The number of furan rings is 2. The lowest BCUT2D eigenvalue weighted by molar-refractivity contribution is 0.669. The standard InChI is InChI=1S/C43H26N2O2/c1-2-7-27(8-3-1)28-14-17-31(18-15-28)45(33-20-23-36-35-9-4-5-10-38(35)46-40(36)26-33)32-19-22-34-30(25-32)13-12-29-16-21-37-42-39(11-6-24-44-42)47-43(37)41(29)34/h1-26H. The second kappa shape index (κ2) is 10.1. The number of fused-ring (bicyclic) bond motifs is 10. The van der Waals surface area contributed by atoms with Gasteiger partial charge < -0.3 is 13.7 Å². The number of nitrogens with zero attached hydrogens (tertiary/aromatic N) is 2. The van der Waals surface area contributed by atoms with Gasteiger partial charge in [0.2, 0.25) is 0 Å². The Morgan fingerprint density at radius 3 is 1.98 bits per heavy atom. The quantitative estimate of drug-likeness (QED) is 0.188. The van der Waals surface area contributed by atoms with Gasteiger partial charge in [-0.2, -0.15) is 0 Å². The van der Waals surface area contributed by atoms with E-state index in [9.17, 15) is 0 Å². The summed E-state index contributed by atoms with van der Waals surface area (Å²) in [6.07, 6.45) is 1.82. The van der Waals surface area contributed by atoms with E-state index in [0.29, 0.717) is 0 Å². The molecule has 0 saturated heterocycles. The molecule has 0 N–H and O–H groups in total. The number of rotatable bonds is 4. The van der Waals surface area contributed by atoms with E-state index in [-0.39, 0.29) is 0 Å². The van der Waals surface area contributed by atoms with E-state index in [4.69, 9.17) is 8.83 Å². The van der Waals surface area contributed by atoms with Gasteiger partial charge in [-0.25, -0.2) is 0 Å². The minimum atomic E-state index is 0.801. The van der Waals surface area contributed by atoms with Gasteiger partial charge in [0.25, 0.3) is 0 Å². The molecule has 4 nitrogen and oxygen atoms in total. The highest BCUT2D eigenvalue weighted by Gasteiger charge is 2.18. The summed E-state index contributed by atoms with van der Waals surface area (Å²) in [5, 5.41) is 7.78. The van der Waals surface area contributed by atoms with E-state index < -0.39 is 0 Å². The third-order valence-corrected chi connectivity index (χ3v) is 9.29. The molecule has 0 aliphatic rings. The molecule has 3 heterocycles. The van der Waals surface area contributed by atoms with Crippen molar-refractivity contribution in [3.63, 3.8) is 0 Å². The molecule has 7 aromatic carbocycles. The molecule has 3 aromatic heterocycles. The SMILES string of the molecule is c1ccc(-c2ccc(N(c3ccc4c(ccc5ccc6c7ncccc7oc6c54)c3)c3ccc4c(c3)oc3ccccc34)cc2)cc1. The number of para-hydroxylation sites is 1. The summed E-state index contributed by atoms with van der Waals surface area (Å²) in [6, 6.07) is 53.2. The third kappa shape index (κ3) is 4.05. The third-order valence-electron chi connectivity index (χ3n) is 9.29. The molecule has 0 fully saturated rings. The predicted octanol–water partition coefficient (Wildman–Crippen LogP) is 12.3. The number of hydrogen-bond acceptors (Lipinski definition) is 4. The second-order valence-electron chi connectivity index (χ2n) is 12.0. The summed E-state index contributed by atoms with van der Waals surface area (Å²) >= 11 is 0. The van der Waals surface area contributed by atoms with Crippen molar-refractivity contribution in [1.29, 1.82) is 0 Å². The Hall–Kier alpha value is -6.39. The Kier molecular flexibility index (Phi) is 5.54. The zero-order valence-corrected chi connectivity index (χ0v) is 25.2. The molecule has 0 radical (unpaired) electrons. The molecule has 0 amide bonds. The highest BCUT2D eigenvalue weighted by Crippen LogP contribution is 2.42. The first-order valence-electron chi connectivity index (χ1n) is 15.8. The van der Waals surface area contributed by atoms with Crippen molar-refractivity contribution < 1.29 is 8.83 Å². The fraction of sp³-hybridized carbons (Fsp3) is 0. The Bertz CT molecular complexity index is 2790. The van der Waals surface area contributed by atoms with Crippen LogP contribution in [0.5, 0.6) is 0 Å². The molecular weight excluding hydrogens is 576 g/mol. The Balaban J connectivity index is 1.17. The highest BCUT2D eigenvalue weighted by molar-refractivity contribution is 6.22. The van der Waals surface area contributed by atoms with Crippen LogP contribution in [0.4, 0.5) is 17.1 Å². The molecule has 0 aliphatic carbocycles. The number of aromatic nitrogens is 1. The van der Waals surface area contributed by atoms with E-state index in [0.717, 1.165) is 82.6 Å². The number of benzene rings is 7. The van der Waals surface area contributed by atoms with Gasteiger partial charge in [0.1, 0.15) is 22.3 Å². The van der Waals surface area contributed by atoms with Crippen LogP contribution in [0.1, 0.15) is 0 Å². The van der Waals surface area contributed by atoms with Crippen LogP contribution < -0.4 is 4.90 Å². The number of pyridine rings is 1. The fourth-order valence-electron chi connectivity index (χ4n) is 7.06.